The summed E-state index contributed by atoms with van der Waals surface area (Å²) in [4.78, 5) is 23.2. The number of amides is 2. The molecule has 0 radical (unpaired) electrons. The predicted molar refractivity (Wildman–Crippen MR) is 90.5 cm³/mol. The summed E-state index contributed by atoms with van der Waals surface area (Å²) in [5.74, 6) is -1.64. The number of hydrazone groups is 1. The van der Waals surface area contributed by atoms with Crippen LogP contribution in [0.1, 0.15) is 11.1 Å². The van der Waals surface area contributed by atoms with E-state index in [-0.39, 0.29) is 6.54 Å². The fraction of sp³-hybridized carbons (Fsp3) is 0.0625. The Morgan fingerprint density at radius 1 is 1.00 bits per heavy atom. The minimum atomic E-state index is -0.859. The fourth-order valence-electron chi connectivity index (χ4n) is 1.66. The van der Waals surface area contributed by atoms with Gasteiger partial charge in [-0.3, -0.25) is 9.59 Å². The van der Waals surface area contributed by atoms with Crippen molar-refractivity contribution in [2.45, 2.75) is 6.54 Å². The van der Waals surface area contributed by atoms with E-state index in [0.717, 1.165) is 5.56 Å². The van der Waals surface area contributed by atoms with Crippen LogP contribution in [0.15, 0.2) is 53.6 Å². The molecule has 0 atom stereocenters. The van der Waals surface area contributed by atoms with Crippen LogP contribution < -0.4 is 10.7 Å². The van der Waals surface area contributed by atoms with Gasteiger partial charge in [-0.2, -0.15) is 5.10 Å². The van der Waals surface area contributed by atoms with Crippen molar-refractivity contribution in [3.05, 3.63) is 69.7 Å². The second-order valence-corrected chi connectivity index (χ2v) is 5.37. The van der Waals surface area contributed by atoms with Crippen LogP contribution in [0, 0.1) is 0 Å². The van der Waals surface area contributed by atoms with Gasteiger partial charge in [-0.25, -0.2) is 5.43 Å². The first-order chi connectivity index (χ1) is 11.1. The van der Waals surface area contributed by atoms with Gasteiger partial charge in [0, 0.05) is 22.2 Å². The predicted octanol–water partition coefficient (Wildman–Crippen LogP) is 2.76. The van der Waals surface area contributed by atoms with Gasteiger partial charge in [-0.1, -0.05) is 53.5 Å². The Morgan fingerprint density at radius 2 is 1.70 bits per heavy atom. The van der Waals surface area contributed by atoms with Crippen molar-refractivity contribution in [3.8, 4) is 0 Å². The van der Waals surface area contributed by atoms with E-state index in [9.17, 15) is 9.59 Å². The zero-order chi connectivity index (χ0) is 16.7. The summed E-state index contributed by atoms with van der Waals surface area (Å²) >= 11 is 11.7. The molecule has 0 spiro atoms. The highest BCUT2D eigenvalue weighted by atomic mass is 35.5. The third kappa shape index (κ3) is 5.39. The number of hydrogen-bond acceptors (Lipinski definition) is 3. The maximum Gasteiger partial charge on any atom is 0.329 e. The molecule has 0 aliphatic heterocycles. The SMILES string of the molecule is O=C(NCc1ccc(Cl)cc1)C(=O)N/N=C\c1ccccc1Cl. The van der Waals surface area contributed by atoms with Crippen LogP contribution in [0.5, 0.6) is 0 Å². The highest BCUT2D eigenvalue weighted by molar-refractivity contribution is 6.35. The maximum absolute atomic E-state index is 11.6. The van der Waals surface area contributed by atoms with Gasteiger partial charge in [-0.15, -0.1) is 0 Å². The monoisotopic (exact) mass is 349 g/mol. The van der Waals surface area contributed by atoms with Crippen LogP contribution >= 0.6 is 23.2 Å². The molecular weight excluding hydrogens is 337 g/mol. The molecule has 0 bridgehead atoms. The molecule has 0 saturated heterocycles. The van der Waals surface area contributed by atoms with Gasteiger partial charge in [0.1, 0.15) is 0 Å². The lowest BCUT2D eigenvalue weighted by molar-refractivity contribution is -0.139. The summed E-state index contributed by atoms with van der Waals surface area (Å²) in [7, 11) is 0. The summed E-state index contributed by atoms with van der Waals surface area (Å²) in [5, 5.41) is 7.29. The minimum Gasteiger partial charge on any atom is -0.344 e. The third-order valence-electron chi connectivity index (χ3n) is 2.85. The zero-order valence-electron chi connectivity index (χ0n) is 11.9. The summed E-state index contributed by atoms with van der Waals surface area (Å²) in [6.07, 6.45) is 1.37. The first-order valence-electron chi connectivity index (χ1n) is 6.66. The molecule has 23 heavy (non-hydrogen) atoms. The molecule has 0 aromatic heterocycles. The highest BCUT2D eigenvalue weighted by Gasteiger charge is 2.11. The number of nitrogens with zero attached hydrogens (tertiary/aromatic N) is 1. The van der Waals surface area contributed by atoms with E-state index < -0.39 is 11.8 Å². The molecule has 2 N–H and O–H groups in total. The van der Waals surface area contributed by atoms with Gasteiger partial charge >= 0.3 is 11.8 Å². The molecule has 2 rings (SSSR count). The van der Waals surface area contributed by atoms with Crippen LogP contribution in [0.2, 0.25) is 10.0 Å². The number of hydrogen-bond donors (Lipinski definition) is 2. The van der Waals surface area contributed by atoms with Crippen molar-refractivity contribution in [3.63, 3.8) is 0 Å². The molecule has 5 nitrogen and oxygen atoms in total. The van der Waals surface area contributed by atoms with Crippen LogP contribution in [-0.4, -0.2) is 18.0 Å². The molecule has 0 saturated carbocycles. The topological polar surface area (TPSA) is 70.6 Å². The average Bonchev–Trinajstić information content (AvgIpc) is 2.55. The fourth-order valence-corrected chi connectivity index (χ4v) is 1.97. The molecule has 118 valence electrons. The van der Waals surface area contributed by atoms with Gasteiger partial charge in [0.2, 0.25) is 0 Å². The molecule has 0 aliphatic rings. The lowest BCUT2D eigenvalue weighted by Gasteiger charge is -2.04. The normalized spacial score (nSPS) is 10.5. The first kappa shape index (κ1) is 17.0. The number of rotatable bonds is 4. The minimum absolute atomic E-state index is 0.220. The Balaban J connectivity index is 1.82. The van der Waals surface area contributed by atoms with E-state index in [1.807, 2.05) is 0 Å². The summed E-state index contributed by atoms with van der Waals surface area (Å²) in [6, 6.07) is 13.9. The van der Waals surface area contributed by atoms with E-state index in [1.54, 1.807) is 48.5 Å². The smallest absolute Gasteiger partial charge is 0.329 e. The van der Waals surface area contributed by atoms with Crippen molar-refractivity contribution in [1.82, 2.24) is 10.7 Å². The Bertz CT molecular complexity index is 730. The summed E-state index contributed by atoms with van der Waals surface area (Å²) in [6.45, 7) is 0.220. The van der Waals surface area contributed by atoms with Crippen LogP contribution in [0.3, 0.4) is 0 Å². The molecule has 2 aromatic rings. The molecular formula is C16H13Cl2N3O2. The van der Waals surface area contributed by atoms with E-state index in [1.165, 1.54) is 6.21 Å². The third-order valence-corrected chi connectivity index (χ3v) is 3.44. The number of carbonyl (C=O) groups is 2. The van der Waals surface area contributed by atoms with Gasteiger partial charge < -0.3 is 5.32 Å². The largest absolute Gasteiger partial charge is 0.344 e. The first-order valence-corrected chi connectivity index (χ1v) is 7.42. The second-order valence-electron chi connectivity index (χ2n) is 4.53. The number of benzene rings is 2. The lowest BCUT2D eigenvalue weighted by atomic mass is 10.2. The Kier molecular flexibility index (Phi) is 6.14. The van der Waals surface area contributed by atoms with Gasteiger partial charge in [-0.05, 0) is 23.8 Å². The highest BCUT2D eigenvalue weighted by Crippen LogP contribution is 2.12. The molecule has 0 fully saturated rings. The zero-order valence-corrected chi connectivity index (χ0v) is 13.4. The second kappa shape index (κ2) is 8.31. The standard InChI is InChI=1S/C16H13Cl2N3O2/c17-13-7-5-11(6-8-13)9-19-15(22)16(23)21-20-10-12-3-1-2-4-14(12)18/h1-8,10H,9H2,(H,19,22)(H,21,23)/b20-10-. The molecule has 2 amide bonds. The summed E-state index contributed by atoms with van der Waals surface area (Å²) < 4.78 is 0. The number of carbonyl (C=O) groups excluding carboxylic acids is 2. The molecule has 2 aromatic carbocycles. The Labute approximate surface area is 143 Å². The Morgan fingerprint density at radius 3 is 2.39 bits per heavy atom. The number of nitrogens with one attached hydrogen (secondary N) is 2. The van der Waals surface area contributed by atoms with E-state index in [0.29, 0.717) is 15.6 Å². The van der Waals surface area contributed by atoms with Crippen LogP contribution in [-0.2, 0) is 16.1 Å². The maximum atomic E-state index is 11.6. The van der Waals surface area contributed by atoms with Gasteiger partial charge in [0.05, 0.1) is 6.21 Å². The molecule has 7 heteroatoms. The van der Waals surface area contributed by atoms with Crippen molar-refractivity contribution >= 4 is 41.2 Å². The average molecular weight is 350 g/mol. The molecule has 0 aliphatic carbocycles. The summed E-state index contributed by atoms with van der Waals surface area (Å²) in [5.41, 5.74) is 3.61. The molecule has 0 heterocycles. The number of halogens is 2. The van der Waals surface area contributed by atoms with Gasteiger partial charge in [0.15, 0.2) is 0 Å². The van der Waals surface area contributed by atoms with Crippen molar-refractivity contribution in [2.75, 3.05) is 0 Å². The van der Waals surface area contributed by atoms with E-state index in [4.69, 9.17) is 23.2 Å². The van der Waals surface area contributed by atoms with E-state index in [2.05, 4.69) is 15.8 Å². The van der Waals surface area contributed by atoms with Crippen LogP contribution in [0.4, 0.5) is 0 Å². The molecule has 0 unspecified atom stereocenters. The lowest BCUT2D eigenvalue weighted by Crippen LogP contribution is -2.37. The van der Waals surface area contributed by atoms with Crippen LogP contribution in [0.25, 0.3) is 0 Å². The van der Waals surface area contributed by atoms with Crippen molar-refractivity contribution < 1.29 is 9.59 Å². The van der Waals surface area contributed by atoms with Crippen molar-refractivity contribution in [2.24, 2.45) is 5.10 Å². The quantitative estimate of drug-likeness (QED) is 0.506. The van der Waals surface area contributed by atoms with Gasteiger partial charge in [0.25, 0.3) is 0 Å². The van der Waals surface area contributed by atoms with Crippen molar-refractivity contribution in [1.29, 1.82) is 0 Å². The Hall–Kier alpha value is -2.37. The van der Waals surface area contributed by atoms with E-state index >= 15 is 0 Å².